The van der Waals surface area contributed by atoms with Crippen LogP contribution < -0.4 is 25.8 Å². The summed E-state index contributed by atoms with van der Waals surface area (Å²) in [5.41, 5.74) is 6.88. The number of sulfone groups is 1. The zero-order valence-corrected chi connectivity index (χ0v) is 26.7. The van der Waals surface area contributed by atoms with Gasteiger partial charge < -0.3 is 30.5 Å². The van der Waals surface area contributed by atoms with E-state index in [9.17, 15) is 27.9 Å². The molecule has 0 saturated carbocycles. The maximum Gasteiger partial charge on any atom is 0.409 e. The highest BCUT2D eigenvalue weighted by Crippen LogP contribution is 2.41. The number of amides is 3. The Morgan fingerprint density at radius 3 is 2.36 bits per heavy atom. The molecule has 0 aromatic heterocycles. The summed E-state index contributed by atoms with van der Waals surface area (Å²) in [6.45, 7) is 3.41. The molecule has 1 fully saturated rings. The van der Waals surface area contributed by atoms with Crippen LogP contribution in [0.3, 0.4) is 0 Å². The van der Waals surface area contributed by atoms with E-state index in [1.165, 1.54) is 50.6 Å². The van der Waals surface area contributed by atoms with Gasteiger partial charge in [0.05, 0.1) is 41.1 Å². The summed E-state index contributed by atoms with van der Waals surface area (Å²) in [5.74, 6) is -0.305. The van der Waals surface area contributed by atoms with E-state index in [2.05, 4.69) is 10.6 Å². The Balaban J connectivity index is 1.85. The van der Waals surface area contributed by atoms with Crippen molar-refractivity contribution in [1.82, 2.24) is 4.90 Å². The molecule has 1 aliphatic heterocycles. The van der Waals surface area contributed by atoms with Crippen LogP contribution in [0.15, 0.2) is 59.5 Å². The second-order valence-corrected chi connectivity index (χ2v) is 13.6. The number of hydrogen-bond donors (Lipinski definition) is 4. The Labute approximate surface area is 266 Å². The number of hydrogen-bond acceptors (Lipinski definition) is 8. The van der Waals surface area contributed by atoms with E-state index >= 15 is 0 Å². The minimum absolute atomic E-state index is 0.0194. The number of carbonyl (C=O) groups is 3. The zero-order chi connectivity index (χ0) is 33.1. The van der Waals surface area contributed by atoms with Crippen LogP contribution in [0, 0.1) is 0 Å². The maximum atomic E-state index is 14.6. The number of nitrogens with two attached hydrogens (primary N) is 1. The average Bonchev–Trinajstić information content (AvgIpc) is 3.49. The highest BCUT2D eigenvalue weighted by molar-refractivity contribution is 7.92. The first kappa shape index (κ1) is 33.4. The number of nitrogens with zero attached hydrogens (tertiary/aromatic N) is 1. The van der Waals surface area contributed by atoms with Gasteiger partial charge in [-0.2, -0.15) is 0 Å². The van der Waals surface area contributed by atoms with E-state index in [4.69, 9.17) is 26.8 Å². The van der Waals surface area contributed by atoms with Gasteiger partial charge in [-0.3, -0.25) is 14.9 Å². The SMILES string of the molecule is COc1ccc([C@@H](Nc2cc(C(N)=O)ccc2Cl)C(=O)N2CCC[C@@H]2c2cc(NC(=O)O)ccc2S(=O)(=O)C(C)C)cc1OC. The fourth-order valence-electron chi connectivity index (χ4n) is 5.31. The van der Waals surface area contributed by atoms with Gasteiger partial charge >= 0.3 is 6.09 Å². The number of ether oxygens (including phenoxy) is 2. The van der Waals surface area contributed by atoms with Crippen LogP contribution >= 0.6 is 11.6 Å². The predicted molar refractivity (Wildman–Crippen MR) is 170 cm³/mol. The molecule has 0 radical (unpaired) electrons. The highest BCUT2D eigenvalue weighted by atomic mass is 35.5. The van der Waals surface area contributed by atoms with Crippen LogP contribution in [0.2, 0.25) is 5.02 Å². The zero-order valence-electron chi connectivity index (χ0n) is 25.2. The molecule has 3 amide bonds. The lowest BCUT2D eigenvalue weighted by molar-refractivity contribution is -0.133. The second-order valence-electron chi connectivity index (χ2n) is 10.7. The quantitative estimate of drug-likeness (QED) is 0.214. The summed E-state index contributed by atoms with van der Waals surface area (Å²) in [4.78, 5) is 39.5. The molecule has 45 heavy (non-hydrogen) atoms. The largest absolute Gasteiger partial charge is 0.493 e. The Kier molecular flexibility index (Phi) is 10.1. The van der Waals surface area contributed by atoms with Crippen LogP contribution in [0.1, 0.15) is 60.3 Å². The molecule has 240 valence electrons. The number of carbonyl (C=O) groups excluding carboxylic acids is 2. The van der Waals surface area contributed by atoms with Crippen LogP contribution in [-0.2, 0) is 14.6 Å². The van der Waals surface area contributed by atoms with Crippen LogP contribution in [0.4, 0.5) is 16.2 Å². The number of primary amides is 1. The molecular formula is C31H35ClN4O8S. The van der Waals surface area contributed by atoms with Crippen molar-refractivity contribution >= 4 is 50.7 Å². The fourth-order valence-corrected chi connectivity index (χ4v) is 6.77. The van der Waals surface area contributed by atoms with E-state index in [1.807, 2.05) is 0 Å². The van der Waals surface area contributed by atoms with Crippen molar-refractivity contribution in [3.8, 4) is 11.5 Å². The summed E-state index contributed by atoms with van der Waals surface area (Å²) in [6.07, 6.45) is -0.322. The summed E-state index contributed by atoms with van der Waals surface area (Å²) in [7, 11) is -0.869. The van der Waals surface area contributed by atoms with Gasteiger partial charge in [0.15, 0.2) is 21.3 Å². The molecule has 0 unspecified atom stereocenters. The minimum Gasteiger partial charge on any atom is -0.493 e. The average molecular weight is 659 g/mol. The molecule has 0 spiro atoms. The standard InChI is InChI=1S/C31H35ClN4O8S/c1-17(2)45(41,42)27-12-9-20(34-31(39)40)16-21(27)24-6-5-13-36(24)30(38)28(18-8-11-25(43-3)26(15-18)44-4)35-23-14-19(29(33)37)7-10-22(23)32/h7-12,14-17,24,28,34-35H,5-6,13H2,1-4H3,(H2,33,37)(H,39,40)/t24-,28-/m1/s1. The first-order valence-corrected chi connectivity index (χ1v) is 16.0. The number of carboxylic acid groups (broad SMARTS) is 1. The van der Waals surface area contributed by atoms with Gasteiger partial charge in [0, 0.05) is 17.8 Å². The van der Waals surface area contributed by atoms with Crippen LogP contribution in [0.25, 0.3) is 0 Å². The smallest absolute Gasteiger partial charge is 0.409 e. The normalized spacial score (nSPS) is 15.4. The van der Waals surface area contributed by atoms with Crippen molar-refractivity contribution in [2.24, 2.45) is 5.73 Å². The number of likely N-dealkylation sites (tertiary alicyclic amines) is 1. The van der Waals surface area contributed by atoms with Crippen molar-refractivity contribution in [2.45, 2.75) is 48.9 Å². The van der Waals surface area contributed by atoms with Crippen LogP contribution in [0.5, 0.6) is 11.5 Å². The van der Waals surface area contributed by atoms with Gasteiger partial charge in [0.25, 0.3) is 0 Å². The monoisotopic (exact) mass is 658 g/mol. The van der Waals surface area contributed by atoms with Gasteiger partial charge in [0.2, 0.25) is 11.8 Å². The molecule has 0 bridgehead atoms. The number of rotatable bonds is 11. The molecular weight excluding hydrogens is 624 g/mol. The van der Waals surface area contributed by atoms with Gasteiger partial charge in [-0.15, -0.1) is 0 Å². The highest BCUT2D eigenvalue weighted by Gasteiger charge is 2.38. The lowest BCUT2D eigenvalue weighted by Crippen LogP contribution is -2.38. The first-order valence-electron chi connectivity index (χ1n) is 14.0. The summed E-state index contributed by atoms with van der Waals surface area (Å²) >= 11 is 6.48. The van der Waals surface area contributed by atoms with Crippen LogP contribution in [-0.4, -0.2) is 62.3 Å². The third-order valence-electron chi connectivity index (χ3n) is 7.62. The van der Waals surface area contributed by atoms with Gasteiger partial charge in [-0.25, -0.2) is 13.2 Å². The Hall–Kier alpha value is -4.49. The number of nitrogens with one attached hydrogen (secondary N) is 2. The van der Waals surface area contributed by atoms with E-state index in [0.29, 0.717) is 42.0 Å². The van der Waals surface area contributed by atoms with E-state index < -0.39 is 45.1 Å². The third kappa shape index (κ3) is 7.10. The topological polar surface area (TPSA) is 177 Å². The molecule has 1 saturated heterocycles. The predicted octanol–water partition coefficient (Wildman–Crippen LogP) is 5.25. The second kappa shape index (κ2) is 13.7. The molecule has 12 nitrogen and oxygen atoms in total. The fraction of sp³-hybridized carbons (Fsp3) is 0.323. The lowest BCUT2D eigenvalue weighted by atomic mass is 10.0. The summed E-state index contributed by atoms with van der Waals surface area (Å²) in [6, 6.07) is 11.8. The van der Waals surface area contributed by atoms with Crippen molar-refractivity contribution in [1.29, 1.82) is 0 Å². The van der Waals surface area contributed by atoms with Gasteiger partial charge in [-0.05, 0) is 86.3 Å². The van der Waals surface area contributed by atoms with E-state index in [1.54, 1.807) is 36.9 Å². The van der Waals surface area contributed by atoms with E-state index in [-0.39, 0.29) is 26.9 Å². The number of methoxy groups -OCH3 is 2. The molecule has 14 heteroatoms. The minimum atomic E-state index is -3.82. The molecule has 1 aliphatic rings. The first-order chi connectivity index (χ1) is 21.3. The Bertz CT molecular complexity index is 1730. The molecule has 3 aromatic rings. The number of anilines is 2. The van der Waals surface area contributed by atoms with Crippen molar-refractivity contribution < 1.29 is 37.4 Å². The van der Waals surface area contributed by atoms with Gasteiger partial charge in [-0.1, -0.05) is 17.7 Å². The molecule has 5 N–H and O–H groups in total. The summed E-state index contributed by atoms with van der Waals surface area (Å²) in [5, 5.41) is 14.2. The van der Waals surface area contributed by atoms with E-state index in [0.717, 1.165) is 0 Å². The molecule has 1 heterocycles. The molecule has 0 aliphatic carbocycles. The van der Waals surface area contributed by atoms with Crippen molar-refractivity contribution in [3.63, 3.8) is 0 Å². The molecule has 2 atom stereocenters. The molecule has 3 aromatic carbocycles. The lowest BCUT2D eigenvalue weighted by Gasteiger charge is -2.32. The van der Waals surface area contributed by atoms with Crippen molar-refractivity contribution in [3.05, 3.63) is 76.3 Å². The third-order valence-corrected chi connectivity index (χ3v) is 10.2. The maximum absolute atomic E-state index is 14.6. The Morgan fingerprint density at radius 1 is 1.02 bits per heavy atom. The Morgan fingerprint density at radius 2 is 1.73 bits per heavy atom. The van der Waals surface area contributed by atoms with Crippen molar-refractivity contribution in [2.75, 3.05) is 31.4 Å². The molecule has 4 rings (SSSR count). The van der Waals surface area contributed by atoms with Gasteiger partial charge in [0.1, 0.15) is 6.04 Å². The number of halogens is 1. The summed E-state index contributed by atoms with van der Waals surface area (Å²) < 4.78 is 37.7. The number of benzene rings is 3.